The molecule has 0 fully saturated rings. The van der Waals surface area contributed by atoms with Crippen molar-refractivity contribution < 1.29 is 13.2 Å². The molecule has 0 spiro atoms. The molecule has 1 aliphatic rings. The maximum Gasteiger partial charge on any atom is 0.240 e. The van der Waals surface area contributed by atoms with Gasteiger partial charge in [0, 0.05) is 24.2 Å². The molecule has 1 amide bonds. The molecule has 0 unspecified atom stereocenters. The van der Waals surface area contributed by atoms with E-state index in [1.165, 1.54) is 0 Å². The van der Waals surface area contributed by atoms with Crippen LogP contribution in [0.5, 0.6) is 0 Å². The fraction of sp³-hybridized carbons (Fsp3) is 0.409. The summed E-state index contributed by atoms with van der Waals surface area (Å²) in [5, 5.41) is 0. The van der Waals surface area contributed by atoms with Crippen LogP contribution in [0.1, 0.15) is 44.7 Å². The fourth-order valence-corrected chi connectivity index (χ4v) is 5.15. The van der Waals surface area contributed by atoms with E-state index in [9.17, 15) is 13.2 Å². The number of nitrogens with one attached hydrogen (secondary N) is 1. The van der Waals surface area contributed by atoms with Crippen LogP contribution in [0.4, 0.5) is 5.69 Å². The van der Waals surface area contributed by atoms with E-state index in [1.54, 1.807) is 23.1 Å². The number of carbonyl (C=O) groups is 1. The van der Waals surface area contributed by atoms with Gasteiger partial charge in [-0.3, -0.25) is 4.79 Å². The smallest absolute Gasteiger partial charge is 0.240 e. The summed E-state index contributed by atoms with van der Waals surface area (Å²) in [5.41, 5.74) is 2.84. The van der Waals surface area contributed by atoms with E-state index in [2.05, 4.69) is 4.72 Å². The third-order valence-corrected chi connectivity index (χ3v) is 6.81. The molecule has 5 nitrogen and oxygen atoms in total. The summed E-state index contributed by atoms with van der Waals surface area (Å²) in [6.45, 7) is 5.81. The van der Waals surface area contributed by atoms with E-state index < -0.39 is 10.0 Å². The lowest BCUT2D eigenvalue weighted by Crippen LogP contribution is -2.36. The molecule has 3 rings (SSSR count). The Balaban J connectivity index is 1.81. The Morgan fingerprint density at radius 1 is 1.18 bits per heavy atom. The zero-order chi connectivity index (χ0) is 20.3. The lowest BCUT2D eigenvalue weighted by Gasteiger charge is -2.22. The molecular weight excluding hydrogens is 372 g/mol. The molecule has 1 N–H and O–H groups in total. The minimum absolute atomic E-state index is 0.0508. The Bertz CT molecular complexity index is 942. The summed E-state index contributed by atoms with van der Waals surface area (Å²) in [4.78, 5) is 14.3. The molecule has 28 heavy (non-hydrogen) atoms. The van der Waals surface area contributed by atoms with Gasteiger partial charge in [-0.15, -0.1) is 0 Å². The Hall–Kier alpha value is -2.18. The van der Waals surface area contributed by atoms with Crippen LogP contribution >= 0.6 is 0 Å². The molecule has 0 saturated carbocycles. The van der Waals surface area contributed by atoms with E-state index in [4.69, 9.17) is 0 Å². The third-order valence-electron chi connectivity index (χ3n) is 5.29. The van der Waals surface area contributed by atoms with Crippen molar-refractivity contribution in [2.75, 3.05) is 4.90 Å². The molecule has 0 aromatic heterocycles. The molecule has 2 aromatic carbocycles. The maximum absolute atomic E-state index is 13.0. The highest BCUT2D eigenvalue weighted by atomic mass is 32.2. The predicted molar refractivity (Wildman–Crippen MR) is 112 cm³/mol. The highest BCUT2D eigenvalue weighted by Crippen LogP contribution is 2.34. The fourth-order valence-electron chi connectivity index (χ4n) is 3.78. The van der Waals surface area contributed by atoms with Gasteiger partial charge < -0.3 is 4.90 Å². The van der Waals surface area contributed by atoms with Crippen molar-refractivity contribution in [2.24, 2.45) is 0 Å². The first kappa shape index (κ1) is 20.6. The van der Waals surface area contributed by atoms with Gasteiger partial charge in [-0.05, 0) is 55.5 Å². The summed E-state index contributed by atoms with van der Waals surface area (Å²) in [6.07, 6.45) is 2.46. The summed E-state index contributed by atoms with van der Waals surface area (Å²) < 4.78 is 28.8. The van der Waals surface area contributed by atoms with Crippen molar-refractivity contribution >= 4 is 21.6 Å². The van der Waals surface area contributed by atoms with Crippen LogP contribution in [0.3, 0.4) is 0 Å². The van der Waals surface area contributed by atoms with Crippen LogP contribution in [0, 0.1) is 0 Å². The zero-order valence-electron chi connectivity index (χ0n) is 16.7. The van der Waals surface area contributed by atoms with Gasteiger partial charge in [0.2, 0.25) is 15.9 Å². The maximum atomic E-state index is 13.0. The third kappa shape index (κ3) is 4.28. The Kier molecular flexibility index (Phi) is 6.20. The number of rotatable bonds is 7. The quantitative estimate of drug-likeness (QED) is 0.771. The molecule has 6 heteroatoms. The summed E-state index contributed by atoms with van der Waals surface area (Å²) in [6, 6.07) is 14.8. The molecule has 0 radical (unpaired) electrons. The van der Waals surface area contributed by atoms with E-state index in [1.807, 2.05) is 51.1 Å². The Morgan fingerprint density at radius 2 is 1.89 bits per heavy atom. The van der Waals surface area contributed by atoms with E-state index >= 15 is 0 Å². The zero-order valence-corrected chi connectivity index (χ0v) is 17.5. The van der Waals surface area contributed by atoms with Crippen LogP contribution in [-0.4, -0.2) is 26.4 Å². The van der Waals surface area contributed by atoms with Gasteiger partial charge in [0.05, 0.1) is 4.90 Å². The molecule has 0 saturated heterocycles. The second kappa shape index (κ2) is 8.45. The largest absolute Gasteiger partial charge is 0.309 e. The molecule has 2 aromatic rings. The van der Waals surface area contributed by atoms with Crippen molar-refractivity contribution in [3.05, 3.63) is 59.7 Å². The molecule has 0 aliphatic carbocycles. The van der Waals surface area contributed by atoms with E-state index in [-0.39, 0.29) is 22.9 Å². The number of amides is 1. The van der Waals surface area contributed by atoms with Gasteiger partial charge in [0.15, 0.2) is 0 Å². The average molecular weight is 401 g/mol. The number of benzene rings is 2. The van der Waals surface area contributed by atoms with Gasteiger partial charge in [-0.25, -0.2) is 13.1 Å². The number of anilines is 1. The van der Waals surface area contributed by atoms with Crippen LogP contribution in [0.15, 0.2) is 53.4 Å². The minimum Gasteiger partial charge on any atom is -0.309 e. The number of fused-ring (bicyclic) bond motifs is 1. The van der Waals surface area contributed by atoms with Gasteiger partial charge in [-0.1, -0.05) is 44.2 Å². The number of hydrogen-bond acceptors (Lipinski definition) is 3. The van der Waals surface area contributed by atoms with Crippen molar-refractivity contribution in [3.63, 3.8) is 0 Å². The monoisotopic (exact) mass is 400 g/mol. The lowest BCUT2D eigenvalue weighted by atomic mass is 10.1. The van der Waals surface area contributed by atoms with Crippen LogP contribution in [-0.2, 0) is 27.7 Å². The highest BCUT2D eigenvalue weighted by Gasteiger charge is 2.31. The van der Waals surface area contributed by atoms with Gasteiger partial charge in [-0.2, -0.15) is 0 Å². The van der Waals surface area contributed by atoms with E-state index in [0.717, 1.165) is 16.8 Å². The van der Waals surface area contributed by atoms with Gasteiger partial charge >= 0.3 is 0 Å². The first-order valence-corrected chi connectivity index (χ1v) is 11.3. The summed E-state index contributed by atoms with van der Waals surface area (Å²) in [7, 11) is -3.63. The van der Waals surface area contributed by atoms with Crippen molar-refractivity contribution in [2.45, 2.75) is 63.4 Å². The highest BCUT2D eigenvalue weighted by molar-refractivity contribution is 7.89. The standard InChI is InChI=1S/C22H28N2O3S/c1-4-19(14-17-9-7-6-8-10-17)23-28(26,27)20-11-12-21-18(15-20)13-16(3)24(21)22(25)5-2/h6-12,15-16,19,23H,4-5,13-14H2,1-3H3/t16-,19+/m0/s1. The molecule has 150 valence electrons. The average Bonchev–Trinajstić information content (AvgIpc) is 3.02. The lowest BCUT2D eigenvalue weighted by molar-refractivity contribution is -0.118. The van der Waals surface area contributed by atoms with Crippen molar-refractivity contribution in [1.29, 1.82) is 0 Å². The van der Waals surface area contributed by atoms with Gasteiger partial charge in [0.1, 0.15) is 0 Å². The molecular formula is C22H28N2O3S. The normalized spacial score (nSPS) is 17.4. The topological polar surface area (TPSA) is 66.5 Å². The molecule has 1 heterocycles. The molecule has 2 atom stereocenters. The SMILES string of the molecule is CCC(=O)N1c2ccc(S(=O)(=O)N[C@H](CC)Cc3ccccc3)cc2C[C@@H]1C. The molecule has 0 bridgehead atoms. The second-order valence-corrected chi connectivity index (χ2v) is 9.09. The first-order valence-electron chi connectivity index (χ1n) is 9.87. The summed E-state index contributed by atoms with van der Waals surface area (Å²) >= 11 is 0. The van der Waals surface area contributed by atoms with Crippen LogP contribution < -0.4 is 9.62 Å². The summed E-state index contributed by atoms with van der Waals surface area (Å²) in [5.74, 6) is 0.0638. The molecule has 1 aliphatic heterocycles. The number of hydrogen-bond donors (Lipinski definition) is 1. The second-order valence-electron chi connectivity index (χ2n) is 7.38. The Labute approximate surface area is 167 Å². The first-order chi connectivity index (χ1) is 13.4. The van der Waals surface area contributed by atoms with Crippen molar-refractivity contribution in [1.82, 2.24) is 4.72 Å². The number of sulfonamides is 1. The minimum atomic E-state index is -3.63. The van der Waals surface area contributed by atoms with Crippen LogP contribution in [0.25, 0.3) is 0 Å². The predicted octanol–water partition coefficient (Wildman–Crippen LogP) is 3.67. The van der Waals surface area contributed by atoms with Gasteiger partial charge in [0.25, 0.3) is 0 Å². The van der Waals surface area contributed by atoms with Crippen molar-refractivity contribution in [3.8, 4) is 0 Å². The number of carbonyl (C=O) groups excluding carboxylic acids is 1. The number of nitrogens with zero attached hydrogens (tertiary/aromatic N) is 1. The van der Waals surface area contributed by atoms with Crippen LogP contribution in [0.2, 0.25) is 0 Å². The Morgan fingerprint density at radius 3 is 2.54 bits per heavy atom. The van der Waals surface area contributed by atoms with E-state index in [0.29, 0.717) is 25.7 Å².